The molecule has 0 saturated carbocycles. The number of carbonyl (C=O) groups is 2. The van der Waals surface area contributed by atoms with E-state index in [0.717, 1.165) is 0 Å². The highest BCUT2D eigenvalue weighted by molar-refractivity contribution is 6.35. The Labute approximate surface area is 109 Å². The van der Waals surface area contributed by atoms with Gasteiger partial charge in [0.15, 0.2) is 0 Å². The molecule has 0 aromatic rings. The van der Waals surface area contributed by atoms with E-state index in [-0.39, 0.29) is 0 Å². The summed E-state index contributed by atoms with van der Waals surface area (Å²) in [6.07, 6.45) is 2.21. The van der Waals surface area contributed by atoms with Crippen LogP contribution in [0.15, 0.2) is 0 Å². The number of hydrogen-bond acceptors (Lipinski definition) is 4. The zero-order valence-corrected chi connectivity index (χ0v) is 11.8. The van der Waals surface area contributed by atoms with Gasteiger partial charge in [-0.1, -0.05) is 27.7 Å². The average Bonchev–Trinajstić information content (AvgIpc) is 2.38. The SMILES string of the molecule is CCC(N)(CC)NC(=O)C(=O)NC(N)(CC)CC. The van der Waals surface area contributed by atoms with Crippen molar-refractivity contribution in [3.63, 3.8) is 0 Å². The van der Waals surface area contributed by atoms with Gasteiger partial charge in [0, 0.05) is 0 Å². The van der Waals surface area contributed by atoms with E-state index < -0.39 is 23.1 Å². The zero-order valence-electron chi connectivity index (χ0n) is 11.8. The van der Waals surface area contributed by atoms with Gasteiger partial charge in [-0.15, -0.1) is 0 Å². The second kappa shape index (κ2) is 6.70. The molecule has 0 rings (SSSR count). The van der Waals surface area contributed by atoms with Gasteiger partial charge in [-0.25, -0.2) is 0 Å². The van der Waals surface area contributed by atoms with Gasteiger partial charge in [-0.3, -0.25) is 9.59 Å². The summed E-state index contributed by atoms with van der Waals surface area (Å²) in [5, 5.41) is 5.07. The topological polar surface area (TPSA) is 110 Å². The van der Waals surface area contributed by atoms with Gasteiger partial charge >= 0.3 is 11.8 Å². The Bertz CT molecular complexity index is 266. The van der Waals surface area contributed by atoms with Gasteiger partial charge in [0.05, 0.1) is 11.3 Å². The molecule has 0 aliphatic carbocycles. The summed E-state index contributed by atoms with van der Waals surface area (Å²) < 4.78 is 0. The molecule has 0 saturated heterocycles. The van der Waals surface area contributed by atoms with E-state index in [1.165, 1.54) is 0 Å². The summed E-state index contributed by atoms with van der Waals surface area (Å²) in [7, 11) is 0. The zero-order chi connectivity index (χ0) is 14.4. The van der Waals surface area contributed by atoms with Crippen LogP contribution in [0.25, 0.3) is 0 Å². The van der Waals surface area contributed by atoms with E-state index in [1.54, 1.807) is 0 Å². The molecule has 0 spiro atoms. The van der Waals surface area contributed by atoms with Gasteiger partial charge < -0.3 is 22.1 Å². The van der Waals surface area contributed by atoms with Crippen molar-refractivity contribution in [2.24, 2.45) is 11.5 Å². The monoisotopic (exact) mass is 258 g/mol. The molecule has 0 aromatic heterocycles. The van der Waals surface area contributed by atoms with Crippen LogP contribution in [-0.2, 0) is 9.59 Å². The Hall–Kier alpha value is -1.14. The van der Waals surface area contributed by atoms with Crippen LogP contribution in [-0.4, -0.2) is 23.1 Å². The van der Waals surface area contributed by atoms with E-state index in [2.05, 4.69) is 10.6 Å². The highest BCUT2D eigenvalue weighted by Gasteiger charge is 2.30. The van der Waals surface area contributed by atoms with E-state index in [1.807, 2.05) is 27.7 Å². The highest BCUT2D eigenvalue weighted by Crippen LogP contribution is 2.08. The summed E-state index contributed by atoms with van der Waals surface area (Å²) in [4.78, 5) is 23.5. The quantitative estimate of drug-likeness (QED) is 0.402. The van der Waals surface area contributed by atoms with Crippen LogP contribution in [0.4, 0.5) is 0 Å². The molecule has 0 aliphatic heterocycles. The minimum Gasteiger partial charge on any atom is -0.330 e. The molecule has 6 heteroatoms. The van der Waals surface area contributed by atoms with E-state index in [0.29, 0.717) is 25.7 Å². The van der Waals surface area contributed by atoms with Crippen LogP contribution in [0.1, 0.15) is 53.4 Å². The first-order valence-corrected chi connectivity index (χ1v) is 6.48. The first kappa shape index (κ1) is 16.9. The predicted octanol–water partition coefficient (Wildman–Crippen LogP) is 0.169. The standard InChI is InChI=1S/C12H26N4O2/c1-5-11(13,6-2)15-9(17)10(18)16-12(14,7-3)8-4/h5-8,13-14H2,1-4H3,(H,15,17)(H,16,18). The largest absolute Gasteiger partial charge is 0.330 e. The maximum absolute atomic E-state index is 11.7. The first-order valence-electron chi connectivity index (χ1n) is 6.48. The molecule has 0 radical (unpaired) electrons. The van der Waals surface area contributed by atoms with Crippen molar-refractivity contribution < 1.29 is 9.59 Å². The first-order chi connectivity index (χ1) is 8.25. The summed E-state index contributed by atoms with van der Waals surface area (Å²) in [5.74, 6) is -1.48. The van der Waals surface area contributed by atoms with Crippen molar-refractivity contribution >= 4 is 11.8 Å². The molecule has 0 atom stereocenters. The van der Waals surface area contributed by atoms with Crippen molar-refractivity contribution in [1.82, 2.24) is 10.6 Å². The third-order valence-corrected chi connectivity index (χ3v) is 3.45. The highest BCUT2D eigenvalue weighted by atomic mass is 16.2. The second-order valence-electron chi connectivity index (χ2n) is 4.63. The lowest BCUT2D eigenvalue weighted by Gasteiger charge is -2.30. The maximum Gasteiger partial charge on any atom is 0.310 e. The summed E-state index contributed by atoms with van der Waals surface area (Å²) in [5.41, 5.74) is 10.2. The van der Waals surface area contributed by atoms with E-state index in [4.69, 9.17) is 11.5 Å². The molecule has 6 N–H and O–H groups in total. The third kappa shape index (κ3) is 4.62. The molecule has 0 unspecified atom stereocenters. The van der Waals surface area contributed by atoms with E-state index in [9.17, 15) is 9.59 Å². The molecule has 0 aliphatic rings. The van der Waals surface area contributed by atoms with Crippen LogP contribution in [0, 0.1) is 0 Å². The fourth-order valence-electron chi connectivity index (χ4n) is 1.42. The van der Waals surface area contributed by atoms with Crippen molar-refractivity contribution in [1.29, 1.82) is 0 Å². The summed E-state index contributed by atoms with van der Waals surface area (Å²) >= 11 is 0. The van der Waals surface area contributed by atoms with Gasteiger partial charge in [-0.2, -0.15) is 0 Å². The number of nitrogens with one attached hydrogen (secondary N) is 2. The predicted molar refractivity (Wildman–Crippen MR) is 71.3 cm³/mol. The number of amides is 2. The van der Waals surface area contributed by atoms with Gasteiger partial charge in [0.2, 0.25) is 0 Å². The Kier molecular flexibility index (Phi) is 6.28. The Morgan fingerprint density at radius 2 is 1.00 bits per heavy atom. The van der Waals surface area contributed by atoms with Gasteiger partial charge in [-0.05, 0) is 25.7 Å². The lowest BCUT2D eigenvalue weighted by atomic mass is 10.0. The number of carbonyl (C=O) groups excluding carboxylic acids is 2. The molecule has 106 valence electrons. The van der Waals surface area contributed by atoms with Crippen LogP contribution < -0.4 is 22.1 Å². The summed E-state index contributed by atoms with van der Waals surface area (Å²) in [6.45, 7) is 7.42. The lowest BCUT2D eigenvalue weighted by molar-refractivity contribution is -0.141. The molecule has 2 amide bonds. The van der Waals surface area contributed by atoms with Crippen LogP contribution >= 0.6 is 0 Å². The van der Waals surface area contributed by atoms with Gasteiger partial charge in [0.25, 0.3) is 0 Å². The van der Waals surface area contributed by atoms with Crippen molar-refractivity contribution in [3.05, 3.63) is 0 Å². The number of nitrogens with two attached hydrogens (primary N) is 2. The van der Waals surface area contributed by atoms with Crippen molar-refractivity contribution in [2.75, 3.05) is 0 Å². The average molecular weight is 258 g/mol. The number of hydrogen-bond donors (Lipinski definition) is 4. The molecule has 0 bridgehead atoms. The van der Waals surface area contributed by atoms with Crippen LogP contribution in [0.3, 0.4) is 0 Å². The van der Waals surface area contributed by atoms with Crippen LogP contribution in [0.5, 0.6) is 0 Å². The minimum absolute atomic E-state index is 0.553. The maximum atomic E-state index is 11.7. The molecular formula is C12H26N4O2. The smallest absolute Gasteiger partial charge is 0.310 e. The van der Waals surface area contributed by atoms with Crippen molar-refractivity contribution in [2.45, 2.75) is 64.7 Å². The molecule has 18 heavy (non-hydrogen) atoms. The Morgan fingerprint density at radius 1 is 0.778 bits per heavy atom. The second-order valence-corrected chi connectivity index (χ2v) is 4.63. The summed E-state index contributed by atoms with van der Waals surface area (Å²) in [6, 6.07) is 0. The van der Waals surface area contributed by atoms with Crippen LogP contribution in [0.2, 0.25) is 0 Å². The van der Waals surface area contributed by atoms with Crippen molar-refractivity contribution in [3.8, 4) is 0 Å². The molecule has 0 aromatic carbocycles. The Balaban J connectivity index is 4.58. The van der Waals surface area contributed by atoms with E-state index >= 15 is 0 Å². The lowest BCUT2D eigenvalue weighted by Crippen LogP contribution is -2.62. The Morgan fingerprint density at radius 3 is 1.17 bits per heavy atom. The third-order valence-electron chi connectivity index (χ3n) is 3.45. The minimum atomic E-state index is -0.843. The number of rotatable bonds is 6. The fraction of sp³-hybridized carbons (Fsp3) is 0.833. The normalized spacial score (nSPS) is 12.1. The molecule has 0 heterocycles. The van der Waals surface area contributed by atoms with Gasteiger partial charge in [0.1, 0.15) is 0 Å². The molecule has 6 nitrogen and oxygen atoms in total. The fourth-order valence-corrected chi connectivity index (χ4v) is 1.42. The molecule has 0 fully saturated rings. The molecular weight excluding hydrogens is 232 g/mol.